The van der Waals surface area contributed by atoms with E-state index in [9.17, 15) is 9.59 Å². The summed E-state index contributed by atoms with van der Waals surface area (Å²) in [6.07, 6.45) is 34.4. The van der Waals surface area contributed by atoms with Crippen molar-refractivity contribution in [2.75, 3.05) is 13.2 Å². The SMILES string of the molecule is C1CCOC1.CCCCC(CC)Cc1c2c[c]([Sn]([CH3])([CH3])[CH3])sc2c(CC(CC)CCCC)c2c[c]([Sn]([CH3])([CH3])[CH3])sc12.CCCCC(CC)Cc1c2ccsc2c(CC(CC)CCCC)c2ccsc12.O=C1c2ccsc2C(=O)c2ccsc21.[Br-].[CH2-]C(CC)CCCC.[CH3][Sn]([CH3])([CH3])[Cl].[Mg+2]. The molecule has 0 saturated carbocycles. The van der Waals surface area contributed by atoms with Crippen molar-refractivity contribution < 1.29 is 31.3 Å². The molecular weight excluding hydrogens is 1730 g/mol. The number of unbranched alkanes of at least 4 members (excludes halogenated alkanes) is 5. The normalized spacial score (nSPS) is 14.4. The van der Waals surface area contributed by atoms with E-state index in [1.807, 2.05) is 22.7 Å². The molecule has 8 aromatic rings. The first kappa shape index (κ1) is 93.1. The molecule has 5 unspecified atom stereocenters. The Kier molecular flexibility index (Phi) is 45.3. The van der Waals surface area contributed by atoms with Crippen LogP contribution in [0, 0.1) is 36.5 Å². The Morgan fingerprint density at radius 1 is 0.439 bits per heavy atom. The smallest absolute Gasteiger partial charge is 2.00 e. The molecule has 0 N–H and O–H groups in total. The van der Waals surface area contributed by atoms with Crippen LogP contribution in [0.5, 0.6) is 0 Å². The molecule has 5 atom stereocenters. The first-order valence-electron chi connectivity index (χ1n) is 38.0. The van der Waals surface area contributed by atoms with Gasteiger partial charge in [0.05, 0.1) is 9.75 Å². The van der Waals surface area contributed by atoms with Gasteiger partial charge in [-0.05, 0) is 105 Å². The second-order valence-electron chi connectivity index (χ2n) is 30.7. The molecule has 15 heteroatoms. The van der Waals surface area contributed by atoms with Crippen molar-refractivity contribution in [1.82, 2.24) is 0 Å². The average Bonchev–Trinajstić information content (AvgIpc) is 1.59. The van der Waals surface area contributed by atoms with Gasteiger partial charge in [-0.25, -0.2) is 0 Å². The fraction of sp³-hybridized carbons (Fsp3) is 0.627. The van der Waals surface area contributed by atoms with E-state index < -0.39 is 54.0 Å². The fourth-order valence-corrected chi connectivity index (χ4v) is 29.6. The average molecular weight is 1860 g/mol. The third kappa shape index (κ3) is 28.8. The van der Waals surface area contributed by atoms with Gasteiger partial charge >= 0.3 is 306 Å². The summed E-state index contributed by atoms with van der Waals surface area (Å²) >= 11 is 5.03. The first-order chi connectivity index (χ1) is 45.8. The number of carbonyl (C=O) groups excluding carboxylic acids is 2. The Morgan fingerprint density at radius 3 is 1.00 bits per heavy atom. The molecule has 1 fully saturated rings. The molecule has 1 saturated heterocycles. The van der Waals surface area contributed by atoms with Gasteiger partial charge in [0.2, 0.25) is 11.6 Å². The number of ether oxygens (including phenoxy) is 1. The Bertz CT molecular complexity index is 3180. The Morgan fingerprint density at radius 2 is 0.735 bits per heavy atom. The standard InChI is InChI=1S/C26H38S2.C26H36S2.C10H4O2S2.C8H17.C4H8O.9CH3.BrH.ClH.Mg.3Sn/c2*1-5-9-11-19(7-3)17-23-21-13-15-28-26(21)24(22-14-16-27-25(22)23)18-20(8-4)12-10-6-2;11-7-5-1-3-13-9(5)8(12)6-2-4-14-10(6)7;1-4-6-7-8(3)5-2;1-2-4-5-3-1;;;;;;;;;;;;;;;/h13-16,19-20H,5-12,17-18H2,1-4H3;13-14,19-20H,5-12,17-18H2,1-4H3;1-4H;8H,3-7H2,1-2H3;1-4H2;9*1H3;2*1H;;;;/q;;;-1;;;;;;;;;;;;;+2;;;+1/p-2. The van der Waals surface area contributed by atoms with E-state index in [0.29, 0.717) is 26.8 Å². The van der Waals surface area contributed by atoms with Gasteiger partial charge in [0.15, 0.2) is 0 Å². The van der Waals surface area contributed by atoms with Crippen LogP contribution in [0.3, 0.4) is 0 Å². The van der Waals surface area contributed by atoms with Crippen LogP contribution in [-0.4, -0.2) is 102 Å². The van der Waals surface area contributed by atoms with Crippen molar-refractivity contribution in [3.63, 3.8) is 0 Å². The zero-order valence-electron chi connectivity index (χ0n) is 64.8. The molecule has 7 heterocycles. The molecule has 6 aromatic heterocycles. The summed E-state index contributed by atoms with van der Waals surface area (Å²) in [5.74, 6) is 3.98. The number of fused-ring (bicyclic) bond motifs is 6. The number of hydrogen-bond donors (Lipinski definition) is 0. The molecule has 3 nitrogen and oxygen atoms in total. The molecule has 544 valence electrons. The van der Waals surface area contributed by atoms with E-state index >= 15 is 0 Å². The summed E-state index contributed by atoms with van der Waals surface area (Å²) in [6.45, 7) is 29.4. The van der Waals surface area contributed by atoms with Crippen molar-refractivity contribution >= 4 is 212 Å². The summed E-state index contributed by atoms with van der Waals surface area (Å²) in [6, 6.07) is 13.7. The predicted molar refractivity (Wildman–Crippen MR) is 458 cm³/mol. The molecule has 2 aromatic carbocycles. The minimum Gasteiger partial charge on any atom is 2.00 e. The predicted octanol–water partition coefficient (Wildman–Crippen LogP) is 25.5. The molecule has 2 aliphatic rings. The van der Waals surface area contributed by atoms with Gasteiger partial charge in [0, 0.05) is 33.7 Å². The maximum atomic E-state index is 11.8. The summed E-state index contributed by atoms with van der Waals surface area (Å²) in [4.78, 5) is 47.0. The van der Waals surface area contributed by atoms with E-state index in [1.165, 1.54) is 190 Å². The van der Waals surface area contributed by atoms with Crippen LogP contribution in [-0.2, 0) is 30.4 Å². The van der Waals surface area contributed by atoms with Crippen LogP contribution in [0.25, 0.3) is 40.3 Å². The summed E-state index contributed by atoms with van der Waals surface area (Å²) in [7, 11) is 5.74. The van der Waals surface area contributed by atoms with E-state index in [2.05, 4.69) is 178 Å². The number of hydrogen-bond acceptors (Lipinski definition) is 9. The van der Waals surface area contributed by atoms with Gasteiger partial charge in [-0.2, -0.15) is 5.92 Å². The van der Waals surface area contributed by atoms with Crippen molar-refractivity contribution in [1.29, 1.82) is 0 Å². The molecule has 98 heavy (non-hydrogen) atoms. The number of benzene rings is 2. The zero-order valence-corrected chi connectivity index (χ0v) is 82.0. The van der Waals surface area contributed by atoms with Crippen molar-refractivity contribution in [3.8, 4) is 0 Å². The van der Waals surface area contributed by atoms with Crippen LogP contribution in [0.1, 0.15) is 263 Å². The van der Waals surface area contributed by atoms with Crippen molar-refractivity contribution in [3.05, 3.63) is 108 Å². The van der Waals surface area contributed by atoms with Gasteiger partial charge in [0.1, 0.15) is 0 Å². The molecule has 0 amide bonds. The number of carbonyl (C=O) groups is 2. The maximum Gasteiger partial charge on any atom is 2.00 e. The monoisotopic (exact) mass is 1860 g/mol. The third-order valence-corrected chi connectivity index (χ3v) is 44.4. The molecule has 0 radical (unpaired) electrons. The Labute approximate surface area is 665 Å². The van der Waals surface area contributed by atoms with Crippen LogP contribution in [0.4, 0.5) is 0 Å². The van der Waals surface area contributed by atoms with E-state index in [4.69, 9.17) is 13.7 Å². The van der Waals surface area contributed by atoms with Gasteiger partial charge < -0.3 is 28.6 Å². The van der Waals surface area contributed by atoms with Crippen LogP contribution < -0.4 is 22.8 Å². The Hall–Kier alpha value is 0.912. The summed E-state index contributed by atoms with van der Waals surface area (Å²) in [5.41, 5.74) is 7.89. The van der Waals surface area contributed by atoms with Gasteiger partial charge in [-0.1, -0.05) is 119 Å². The number of halogens is 2. The fourth-order valence-electron chi connectivity index (χ4n) is 13.0. The molecule has 10 rings (SSSR count). The van der Waals surface area contributed by atoms with E-state index in [-0.39, 0.29) is 51.6 Å². The zero-order chi connectivity index (χ0) is 70.8. The van der Waals surface area contributed by atoms with Crippen LogP contribution >= 0.6 is 76.9 Å². The van der Waals surface area contributed by atoms with Gasteiger partial charge in [0.25, 0.3) is 0 Å². The van der Waals surface area contributed by atoms with E-state index in [1.54, 1.807) is 91.3 Å². The molecule has 0 spiro atoms. The number of thiophene rings is 6. The van der Waals surface area contributed by atoms with Crippen molar-refractivity contribution in [2.24, 2.45) is 29.6 Å². The van der Waals surface area contributed by atoms with E-state index in [0.717, 1.165) is 36.9 Å². The quantitative estimate of drug-likeness (QED) is 0.0333. The van der Waals surface area contributed by atoms with Gasteiger partial charge in [-0.15, -0.1) is 45.3 Å². The Balaban J connectivity index is 0.000000352. The first-order valence-corrected chi connectivity index (χ1v) is 75.3. The van der Waals surface area contributed by atoms with Crippen LogP contribution in [0.2, 0.25) is 44.5 Å². The molecule has 1 aliphatic carbocycles. The van der Waals surface area contributed by atoms with Crippen molar-refractivity contribution in [2.45, 2.75) is 281 Å². The molecule has 1 aliphatic heterocycles. The topological polar surface area (TPSA) is 43.4 Å². The molecular formula is C83H130BrClMgO3S6Sn3. The minimum atomic E-state index is -2.17. The largest absolute Gasteiger partial charge is 2.00 e. The number of rotatable bonds is 30. The summed E-state index contributed by atoms with van der Waals surface area (Å²) < 4.78 is 15.0. The second-order valence-corrected chi connectivity index (χ2v) is 86.7. The molecule has 0 bridgehead atoms. The number of ketones is 2. The maximum absolute atomic E-state index is 11.8. The third-order valence-electron chi connectivity index (χ3n) is 19.4. The van der Waals surface area contributed by atoms with Crippen LogP contribution in [0.15, 0.2) is 57.9 Å². The minimum absolute atomic E-state index is 0. The van der Waals surface area contributed by atoms with Gasteiger partial charge in [-0.3, -0.25) is 9.59 Å². The second kappa shape index (κ2) is 47.7. The summed E-state index contributed by atoms with van der Waals surface area (Å²) in [5, 5.41) is 14.7.